The fourth-order valence-corrected chi connectivity index (χ4v) is 3.70. The molecule has 2 amide bonds. The number of hydrogen-bond acceptors (Lipinski definition) is 5. The van der Waals surface area contributed by atoms with E-state index in [0.29, 0.717) is 18.9 Å². The second-order valence-electron chi connectivity index (χ2n) is 7.04. The molecule has 1 aliphatic heterocycles. The molecular weight excluding hydrogens is 368 g/mol. The number of hydrogen-bond donors (Lipinski definition) is 1. The first kappa shape index (κ1) is 18.9. The molecule has 29 heavy (non-hydrogen) atoms. The zero-order valence-electron chi connectivity index (χ0n) is 16.6. The fraction of sp³-hybridized carbons (Fsp3) is 0.333. The number of urea groups is 1. The number of tetrazole rings is 1. The minimum absolute atomic E-state index is 0.119. The molecule has 0 aliphatic carbocycles. The van der Waals surface area contributed by atoms with E-state index in [0.717, 1.165) is 24.3 Å². The van der Waals surface area contributed by atoms with E-state index < -0.39 is 0 Å². The van der Waals surface area contributed by atoms with E-state index in [9.17, 15) is 4.79 Å². The third-order valence-corrected chi connectivity index (χ3v) is 5.24. The first-order valence-corrected chi connectivity index (χ1v) is 9.71. The van der Waals surface area contributed by atoms with Crippen molar-refractivity contribution in [3.05, 3.63) is 65.5 Å². The van der Waals surface area contributed by atoms with E-state index >= 15 is 0 Å². The molecule has 0 saturated carbocycles. The molecule has 0 radical (unpaired) electrons. The van der Waals surface area contributed by atoms with E-state index in [1.165, 1.54) is 11.1 Å². The van der Waals surface area contributed by atoms with E-state index in [-0.39, 0.29) is 12.1 Å². The van der Waals surface area contributed by atoms with Crippen LogP contribution in [0.3, 0.4) is 0 Å². The molecule has 150 valence electrons. The molecule has 0 saturated heterocycles. The van der Waals surface area contributed by atoms with Crippen molar-refractivity contribution < 1.29 is 9.53 Å². The Kier molecular flexibility index (Phi) is 5.41. The van der Waals surface area contributed by atoms with Crippen molar-refractivity contribution in [2.24, 2.45) is 0 Å². The van der Waals surface area contributed by atoms with E-state index in [1.807, 2.05) is 54.3 Å². The predicted octanol–water partition coefficient (Wildman–Crippen LogP) is 2.54. The van der Waals surface area contributed by atoms with Gasteiger partial charge in [-0.15, -0.1) is 5.10 Å². The summed E-state index contributed by atoms with van der Waals surface area (Å²) < 4.78 is 7.14. The first-order chi connectivity index (χ1) is 14.2. The lowest BCUT2D eigenvalue weighted by Gasteiger charge is -2.23. The van der Waals surface area contributed by atoms with Crippen LogP contribution in [0, 0.1) is 0 Å². The predicted molar refractivity (Wildman–Crippen MR) is 108 cm³/mol. The van der Waals surface area contributed by atoms with Gasteiger partial charge in [0, 0.05) is 13.1 Å². The zero-order valence-corrected chi connectivity index (χ0v) is 16.6. The standard InChI is InChI=1S/C21H24N6O2/c1-15(20-23-24-25-27(20)17-8-4-3-5-9-17)22-21(28)26-13-11-16-7-6-10-19(29-2)18(16)12-14-26/h3-10,15H,11-14H2,1-2H3,(H,22,28). The molecule has 8 heteroatoms. The summed E-state index contributed by atoms with van der Waals surface area (Å²) in [4.78, 5) is 14.8. The second kappa shape index (κ2) is 8.30. The van der Waals surface area contributed by atoms with Crippen molar-refractivity contribution in [1.82, 2.24) is 30.4 Å². The number of carbonyl (C=O) groups is 1. The van der Waals surface area contributed by atoms with Gasteiger partial charge in [0.15, 0.2) is 5.82 Å². The Bertz CT molecular complexity index is 988. The highest BCUT2D eigenvalue weighted by Crippen LogP contribution is 2.26. The van der Waals surface area contributed by atoms with Gasteiger partial charge < -0.3 is 15.0 Å². The maximum atomic E-state index is 12.9. The van der Waals surface area contributed by atoms with Crippen molar-refractivity contribution >= 4 is 6.03 Å². The van der Waals surface area contributed by atoms with Gasteiger partial charge in [0.2, 0.25) is 0 Å². The third kappa shape index (κ3) is 3.91. The number of aromatic nitrogens is 4. The van der Waals surface area contributed by atoms with Gasteiger partial charge in [-0.2, -0.15) is 4.68 Å². The first-order valence-electron chi connectivity index (χ1n) is 9.71. The number of nitrogens with zero attached hydrogens (tertiary/aromatic N) is 5. The van der Waals surface area contributed by atoms with Crippen LogP contribution < -0.4 is 10.1 Å². The lowest BCUT2D eigenvalue weighted by Crippen LogP contribution is -2.42. The maximum absolute atomic E-state index is 12.9. The van der Waals surface area contributed by atoms with Crippen LogP contribution >= 0.6 is 0 Å². The molecule has 2 heterocycles. The van der Waals surface area contributed by atoms with Crippen LogP contribution in [-0.4, -0.2) is 51.3 Å². The van der Waals surface area contributed by atoms with Crippen molar-refractivity contribution in [2.45, 2.75) is 25.8 Å². The Balaban J connectivity index is 1.45. The Morgan fingerprint density at radius 2 is 1.90 bits per heavy atom. The molecule has 4 rings (SSSR count). The van der Waals surface area contributed by atoms with E-state index in [1.54, 1.807) is 11.8 Å². The minimum atomic E-state index is -0.335. The largest absolute Gasteiger partial charge is 0.496 e. The van der Waals surface area contributed by atoms with Crippen LogP contribution in [-0.2, 0) is 12.8 Å². The van der Waals surface area contributed by atoms with Crippen molar-refractivity contribution in [3.63, 3.8) is 0 Å². The van der Waals surface area contributed by atoms with Crippen LogP contribution in [0.2, 0.25) is 0 Å². The number of nitrogens with one attached hydrogen (secondary N) is 1. The molecule has 1 unspecified atom stereocenters. The van der Waals surface area contributed by atoms with Crippen LogP contribution in [0.15, 0.2) is 48.5 Å². The number of fused-ring (bicyclic) bond motifs is 1. The molecule has 1 N–H and O–H groups in total. The highest BCUT2D eigenvalue weighted by Gasteiger charge is 2.24. The van der Waals surface area contributed by atoms with Crippen LogP contribution in [0.4, 0.5) is 4.79 Å². The van der Waals surface area contributed by atoms with Gasteiger partial charge in [0.25, 0.3) is 0 Å². The van der Waals surface area contributed by atoms with Gasteiger partial charge in [0.05, 0.1) is 18.8 Å². The molecule has 2 aromatic carbocycles. The summed E-state index contributed by atoms with van der Waals surface area (Å²) in [6, 6.07) is 15.3. The highest BCUT2D eigenvalue weighted by molar-refractivity contribution is 5.74. The number of benzene rings is 2. The molecular formula is C21H24N6O2. The smallest absolute Gasteiger partial charge is 0.317 e. The summed E-state index contributed by atoms with van der Waals surface area (Å²) in [7, 11) is 1.68. The zero-order chi connectivity index (χ0) is 20.2. The SMILES string of the molecule is COc1cccc2c1CCN(C(=O)NC(C)c1nnnn1-c1ccccc1)CC2. The Morgan fingerprint density at radius 1 is 1.10 bits per heavy atom. The van der Waals surface area contributed by atoms with Crippen molar-refractivity contribution in [1.29, 1.82) is 0 Å². The molecule has 1 aromatic heterocycles. The molecule has 0 fully saturated rings. The Labute approximate surface area is 169 Å². The monoisotopic (exact) mass is 392 g/mol. The van der Waals surface area contributed by atoms with Gasteiger partial charge in [-0.3, -0.25) is 0 Å². The molecule has 1 aliphatic rings. The Hall–Kier alpha value is -3.42. The van der Waals surface area contributed by atoms with Crippen molar-refractivity contribution in [3.8, 4) is 11.4 Å². The highest BCUT2D eigenvalue weighted by atomic mass is 16.5. The van der Waals surface area contributed by atoms with Gasteiger partial charge in [-0.1, -0.05) is 30.3 Å². The van der Waals surface area contributed by atoms with Crippen molar-refractivity contribution in [2.75, 3.05) is 20.2 Å². The number of rotatable bonds is 4. The minimum Gasteiger partial charge on any atom is -0.496 e. The summed E-state index contributed by atoms with van der Waals surface area (Å²) in [5.41, 5.74) is 3.28. The van der Waals surface area contributed by atoms with E-state index in [4.69, 9.17) is 4.74 Å². The summed E-state index contributed by atoms with van der Waals surface area (Å²) in [6.45, 7) is 3.18. The average molecular weight is 392 g/mol. The normalized spacial score (nSPS) is 14.6. The fourth-order valence-electron chi connectivity index (χ4n) is 3.70. The summed E-state index contributed by atoms with van der Waals surface area (Å²) >= 11 is 0. The van der Waals surface area contributed by atoms with Gasteiger partial charge in [0.1, 0.15) is 5.75 Å². The van der Waals surface area contributed by atoms with Crippen LogP contribution in [0.25, 0.3) is 5.69 Å². The summed E-state index contributed by atoms with van der Waals surface area (Å²) in [6.07, 6.45) is 1.57. The maximum Gasteiger partial charge on any atom is 0.317 e. The molecule has 0 spiro atoms. The molecule has 1 atom stereocenters. The number of methoxy groups -OCH3 is 1. The topological polar surface area (TPSA) is 85.2 Å². The summed E-state index contributed by atoms with van der Waals surface area (Å²) in [5, 5.41) is 15.0. The van der Waals surface area contributed by atoms with Gasteiger partial charge in [-0.25, -0.2) is 4.79 Å². The third-order valence-electron chi connectivity index (χ3n) is 5.24. The second-order valence-corrected chi connectivity index (χ2v) is 7.04. The number of amides is 2. The van der Waals surface area contributed by atoms with Gasteiger partial charge >= 0.3 is 6.03 Å². The quantitative estimate of drug-likeness (QED) is 0.738. The van der Waals surface area contributed by atoms with Crippen LogP contribution in [0.1, 0.15) is 29.9 Å². The lowest BCUT2D eigenvalue weighted by molar-refractivity contribution is 0.196. The van der Waals surface area contributed by atoms with Gasteiger partial charge in [-0.05, 0) is 59.5 Å². The molecule has 3 aromatic rings. The number of para-hydroxylation sites is 1. The molecule has 8 nitrogen and oxygen atoms in total. The number of carbonyl (C=O) groups excluding carboxylic acids is 1. The lowest BCUT2D eigenvalue weighted by atomic mass is 10.0. The number of ether oxygens (including phenoxy) is 1. The van der Waals surface area contributed by atoms with Crippen LogP contribution in [0.5, 0.6) is 5.75 Å². The van der Waals surface area contributed by atoms with E-state index in [2.05, 4.69) is 26.9 Å². The molecule has 0 bridgehead atoms. The summed E-state index contributed by atoms with van der Waals surface area (Å²) in [5.74, 6) is 1.48. The average Bonchev–Trinajstić information content (AvgIpc) is 3.14. The Morgan fingerprint density at radius 3 is 2.69 bits per heavy atom.